The van der Waals surface area contributed by atoms with Gasteiger partial charge in [-0.3, -0.25) is 19.0 Å². The molecule has 0 radical (unpaired) electrons. The predicted molar refractivity (Wildman–Crippen MR) is 80.5 cm³/mol. The number of halogens is 4. The van der Waals surface area contributed by atoms with Crippen molar-refractivity contribution >= 4 is 33.4 Å². The first-order valence-corrected chi connectivity index (χ1v) is 7.22. The fourth-order valence-corrected chi connectivity index (χ4v) is 2.71. The number of aromatic nitrogens is 4. The second-order valence-electron chi connectivity index (χ2n) is 4.73. The van der Waals surface area contributed by atoms with Crippen molar-refractivity contribution in [3.8, 4) is 0 Å². The number of carbonyl (C=O) groups excluding carboxylic acids is 2. The van der Waals surface area contributed by atoms with Gasteiger partial charge in [0.25, 0.3) is 11.8 Å². The van der Waals surface area contributed by atoms with E-state index in [0.29, 0.717) is 0 Å². The largest absolute Gasteiger partial charge is 0.436 e. The molecule has 2 aromatic heterocycles. The van der Waals surface area contributed by atoms with Crippen molar-refractivity contribution in [3.63, 3.8) is 0 Å². The molecule has 2 amide bonds. The lowest BCUT2D eigenvalue weighted by atomic mass is 10.3. The Balaban J connectivity index is 2.39. The van der Waals surface area contributed by atoms with Crippen LogP contribution in [0, 0.1) is 0 Å². The topological polar surface area (TPSA) is 93.8 Å². The number of nitrogens with one attached hydrogen (secondary N) is 2. The SMILES string of the molecule is CNC(=O)c1nn(C)cc1NC(=O)c1c(Br)c(C(F)(F)F)nn1C. The van der Waals surface area contributed by atoms with Gasteiger partial charge in [0.15, 0.2) is 11.4 Å². The van der Waals surface area contributed by atoms with Crippen molar-refractivity contribution in [1.29, 1.82) is 0 Å². The highest BCUT2D eigenvalue weighted by atomic mass is 79.9. The number of carbonyl (C=O) groups is 2. The summed E-state index contributed by atoms with van der Waals surface area (Å²) in [4.78, 5) is 24.1. The minimum atomic E-state index is -4.71. The second-order valence-corrected chi connectivity index (χ2v) is 5.52. The van der Waals surface area contributed by atoms with Gasteiger partial charge >= 0.3 is 6.18 Å². The van der Waals surface area contributed by atoms with E-state index in [1.807, 2.05) is 0 Å². The van der Waals surface area contributed by atoms with Crippen LogP contribution in [0.5, 0.6) is 0 Å². The maximum absolute atomic E-state index is 12.8. The molecule has 0 bridgehead atoms. The first-order valence-electron chi connectivity index (χ1n) is 6.43. The molecule has 12 heteroatoms. The van der Waals surface area contributed by atoms with Crippen molar-refractivity contribution in [2.75, 3.05) is 12.4 Å². The number of anilines is 1. The summed E-state index contributed by atoms with van der Waals surface area (Å²) in [6.45, 7) is 0. The molecule has 0 saturated heterocycles. The van der Waals surface area contributed by atoms with E-state index in [1.165, 1.54) is 32.0 Å². The number of hydrogen-bond donors (Lipinski definition) is 2. The zero-order valence-corrected chi connectivity index (χ0v) is 14.3. The van der Waals surface area contributed by atoms with E-state index < -0.39 is 28.2 Å². The molecule has 0 saturated carbocycles. The van der Waals surface area contributed by atoms with Crippen molar-refractivity contribution in [2.24, 2.45) is 14.1 Å². The normalized spacial score (nSPS) is 11.5. The van der Waals surface area contributed by atoms with Gasteiger partial charge in [-0.05, 0) is 15.9 Å². The Morgan fingerprint density at radius 3 is 2.33 bits per heavy atom. The number of rotatable bonds is 3. The van der Waals surface area contributed by atoms with Crippen LogP contribution in [0.1, 0.15) is 26.7 Å². The molecule has 2 rings (SSSR count). The van der Waals surface area contributed by atoms with E-state index in [-0.39, 0.29) is 17.1 Å². The highest BCUT2D eigenvalue weighted by Gasteiger charge is 2.39. The average Bonchev–Trinajstić information content (AvgIpc) is 2.97. The summed E-state index contributed by atoms with van der Waals surface area (Å²) in [5.74, 6) is -1.42. The lowest BCUT2D eigenvalue weighted by Gasteiger charge is -2.06. The highest BCUT2D eigenvalue weighted by molar-refractivity contribution is 9.10. The Hall–Kier alpha value is -2.37. The first-order chi connectivity index (χ1) is 11.1. The molecule has 130 valence electrons. The number of alkyl halides is 3. The van der Waals surface area contributed by atoms with Crippen molar-refractivity contribution in [3.05, 3.63) is 27.8 Å². The molecule has 0 aromatic carbocycles. The van der Waals surface area contributed by atoms with Gasteiger partial charge in [0.2, 0.25) is 0 Å². The molecule has 2 heterocycles. The first kappa shape index (κ1) is 18.0. The van der Waals surface area contributed by atoms with Crippen LogP contribution in [0.15, 0.2) is 10.7 Å². The Kier molecular flexibility index (Phi) is 4.69. The van der Waals surface area contributed by atoms with Crippen LogP contribution in [0.2, 0.25) is 0 Å². The number of aryl methyl sites for hydroxylation is 2. The second kappa shape index (κ2) is 6.26. The Labute approximate surface area is 142 Å². The van der Waals surface area contributed by atoms with Crippen LogP contribution in [-0.2, 0) is 20.3 Å². The fraction of sp³-hybridized carbons (Fsp3) is 0.333. The Bertz CT molecular complexity index is 811. The Morgan fingerprint density at radius 1 is 1.21 bits per heavy atom. The van der Waals surface area contributed by atoms with E-state index in [0.717, 1.165) is 4.68 Å². The summed E-state index contributed by atoms with van der Waals surface area (Å²) in [5.41, 5.74) is -1.56. The molecule has 0 fully saturated rings. The third kappa shape index (κ3) is 3.27. The summed E-state index contributed by atoms with van der Waals surface area (Å²) in [7, 11) is 4.12. The molecule has 0 aliphatic heterocycles. The zero-order valence-electron chi connectivity index (χ0n) is 12.7. The summed E-state index contributed by atoms with van der Waals surface area (Å²) in [5, 5.41) is 11.9. The fourth-order valence-electron chi connectivity index (χ4n) is 1.97. The molecule has 0 aliphatic rings. The average molecular weight is 409 g/mol. The summed E-state index contributed by atoms with van der Waals surface area (Å²) >= 11 is 2.75. The summed E-state index contributed by atoms with van der Waals surface area (Å²) in [6.07, 6.45) is -3.35. The molecular formula is C12H12BrF3N6O2. The smallest absolute Gasteiger partial charge is 0.354 e. The van der Waals surface area contributed by atoms with Crippen molar-refractivity contribution < 1.29 is 22.8 Å². The molecule has 0 aliphatic carbocycles. The van der Waals surface area contributed by atoms with Crippen LogP contribution >= 0.6 is 15.9 Å². The zero-order chi connectivity index (χ0) is 18.2. The molecule has 0 unspecified atom stereocenters. The highest BCUT2D eigenvalue weighted by Crippen LogP contribution is 2.35. The van der Waals surface area contributed by atoms with Crippen LogP contribution < -0.4 is 10.6 Å². The maximum Gasteiger partial charge on any atom is 0.436 e. The number of hydrogen-bond acceptors (Lipinski definition) is 4. The van der Waals surface area contributed by atoms with Crippen LogP contribution in [0.25, 0.3) is 0 Å². The predicted octanol–water partition coefficient (Wildman–Crippen LogP) is 1.55. The lowest BCUT2D eigenvalue weighted by molar-refractivity contribution is -0.142. The van der Waals surface area contributed by atoms with Crippen LogP contribution in [0.4, 0.5) is 18.9 Å². The lowest BCUT2D eigenvalue weighted by Crippen LogP contribution is -2.22. The standard InChI is InChI=1S/C12H12BrF3N6O2/c1-17-10(23)7-5(4-21(2)19-7)18-11(24)8-6(13)9(12(14,15)16)20-22(8)3/h4H,1-3H3,(H,17,23)(H,18,24). The molecule has 0 spiro atoms. The molecule has 2 aromatic rings. The maximum atomic E-state index is 12.8. The molecular weight excluding hydrogens is 397 g/mol. The third-order valence-electron chi connectivity index (χ3n) is 2.99. The molecule has 0 atom stereocenters. The monoisotopic (exact) mass is 408 g/mol. The van der Waals surface area contributed by atoms with Gasteiger partial charge in [0.1, 0.15) is 5.69 Å². The summed E-state index contributed by atoms with van der Waals surface area (Å²) in [6, 6.07) is 0. The van der Waals surface area contributed by atoms with Gasteiger partial charge < -0.3 is 10.6 Å². The van der Waals surface area contributed by atoms with Crippen LogP contribution in [-0.4, -0.2) is 38.4 Å². The van der Waals surface area contributed by atoms with E-state index in [2.05, 4.69) is 36.8 Å². The number of nitrogens with zero attached hydrogens (tertiary/aromatic N) is 4. The molecule has 24 heavy (non-hydrogen) atoms. The number of amides is 2. The quantitative estimate of drug-likeness (QED) is 0.805. The minimum Gasteiger partial charge on any atom is -0.354 e. The van der Waals surface area contributed by atoms with Gasteiger partial charge in [0.05, 0.1) is 10.2 Å². The Morgan fingerprint density at radius 2 is 1.83 bits per heavy atom. The minimum absolute atomic E-state index is 0.0588. The van der Waals surface area contributed by atoms with Crippen molar-refractivity contribution in [1.82, 2.24) is 24.9 Å². The van der Waals surface area contributed by atoms with Gasteiger partial charge in [-0.15, -0.1) is 0 Å². The molecule has 2 N–H and O–H groups in total. The van der Waals surface area contributed by atoms with E-state index in [9.17, 15) is 22.8 Å². The van der Waals surface area contributed by atoms with E-state index in [4.69, 9.17) is 0 Å². The van der Waals surface area contributed by atoms with Gasteiger partial charge in [0, 0.05) is 27.3 Å². The van der Waals surface area contributed by atoms with E-state index >= 15 is 0 Å². The van der Waals surface area contributed by atoms with Gasteiger partial charge in [-0.2, -0.15) is 23.4 Å². The third-order valence-corrected chi connectivity index (χ3v) is 3.74. The van der Waals surface area contributed by atoms with Crippen molar-refractivity contribution in [2.45, 2.75) is 6.18 Å². The van der Waals surface area contributed by atoms with Gasteiger partial charge in [-0.1, -0.05) is 0 Å². The summed E-state index contributed by atoms with van der Waals surface area (Å²) < 4.78 is 40.2. The van der Waals surface area contributed by atoms with E-state index in [1.54, 1.807) is 0 Å². The molecule has 8 nitrogen and oxygen atoms in total. The van der Waals surface area contributed by atoms with Gasteiger partial charge in [-0.25, -0.2) is 0 Å². The van der Waals surface area contributed by atoms with Crippen LogP contribution in [0.3, 0.4) is 0 Å².